The molecule has 1 aliphatic rings. The Kier molecular flexibility index (Phi) is 5.43. The third-order valence-electron chi connectivity index (χ3n) is 3.37. The largest absolute Gasteiger partial charge is 0.344 e. The molecule has 1 atom stereocenters. The van der Waals surface area contributed by atoms with Gasteiger partial charge in [0, 0.05) is 21.9 Å². The number of hydrogen-bond donors (Lipinski definition) is 1. The van der Waals surface area contributed by atoms with Gasteiger partial charge in [0.05, 0.1) is 5.69 Å². The highest BCUT2D eigenvalue weighted by Crippen LogP contribution is 2.31. The number of carbonyl (C=O) groups excluding carboxylic acids is 2. The first-order chi connectivity index (χ1) is 9.88. The van der Waals surface area contributed by atoms with Gasteiger partial charge in [0.15, 0.2) is 0 Å². The number of nitrogens with one attached hydrogen (secondary N) is 1. The highest BCUT2D eigenvalue weighted by Gasteiger charge is 2.31. The smallest absolute Gasteiger partial charge is 0.249 e. The molecule has 1 aromatic rings. The van der Waals surface area contributed by atoms with Crippen molar-refractivity contribution in [2.24, 2.45) is 5.92 Å². The van der Waals surface area contributed by atoms with E-state index in [-0.39, 0.29) is 11.8 Å². The summed E-state index contributed by atoms with van der Waals surface area (Å²) < 4.78 is 1.77. The molecule has 1 heterocycles. The Balaban J connectivity index is 2.32. The van der Waals surface area contributed by atoms with Crippen molar-refractivity contribution >= 4 is 49.4 Å². The molecule has 1 fully saturated rings. The fourth-order valence-electron chi connectivity index (χ4n) is 2.41. The van der Waals surface area contributed by atoms with Crippen LogP contribution in [0.4, 0.5) is 5.69 Å². The van der Waals surface area contributed by atoms with Crippen LogP contribution < -0.4 is 10.2 Å². The summed E-state index contributed by atoms with van der Waals surface area (Å²) >= 11 is 6.90. The van der Waals surface area contributed by atoms with Gasteiger partial charge < -0.3 is 10.2 Å². The summed E-state index contributed by atoms with van der Waals surface area (Å²) in [5, 5.41) is 2.84. The van der Waals surface area contributed by atoms with Crippen LogP contribution in [-0.2, 0) is 9.59 Å². The number of anilines is 1. The Hall–Kier alpha value is -0.880. The Labute approximate surface area is 141 Å². The summed E-state index contributed by atoms with van der Waals surface area (Å²) in [6.45, 7) is 4.49. The maximum absolute atomic E-state index is 12.7. The summed E-state index contributed by atoms with van der Waals surface area (Å²) in [6, 6.07) is 5.23. The van der Waals surface area contributed by atoms with E-state index in [2.05, 4.69) is 37.2 Å². The summed E-state index contributed by atoms with van der Waals surface area (Å²) in [6.07, 6.45) is 0.970. The molecular formula is C15H18Br2N2O2. The number of halogens is 2. The van der Waals surface area contributed by atoms with Crippen molar-refractivity contribution in [3.8, 4) is 0 Å². The lowest BCUT2D eigenvalue weighted by Crippen LogP contribution is -2.45. The second kappa shape index (κ2) is 6.92. The summed E-state index contributed by atoms with van der Waals surface area (Å²) in [4.78, 5) is 26.3. The van der Waals surface area contributed by atoms with Gasteiger partial charge in [0.25, 0.3) is 0 Å². The molecule has 4 nitrogen and oxygen atoms in total. The summed E-state index contributed by atoms with van der Waals surface area (Å²) in [5.74, 6) is 0.231. The molecule has 0 aromatic heterocycles. The third-order valence-corrected chi connectivity index (χ3v) is 4.50. The van der Waals surface area contributed by atoms with Crippen molar-refractivity contribution in [2.75, 3.05) is 11.4 Å². The topological polar surface area (TPSA) is 49.4 Å². The number of carbonyl (C=O) groups is 2. The van der Waals surface area contributed by atoms with Gasteiger partial charge in [-0.1, -0.05) is 29.8 Å². The zero-order chi connectivity index (χ0) is 15.6. The fourth-order valence-corrected chi connectivity index (χ4v) is 3.67. The zero-order valence-corrected chi connectivity index (χ0v) is 15.2. The maximum Gasteiger partial charge on any atom is 0.249 e. The quantitative estimate of drug-likeness (QED) is 0.818. The normalized spacial score (nSPS) is 19.7. The highest BCUT2D eigenvalue weighted by molar-refractivity contribution is 9.11. The molecule has 1 N–H and O–H groups in total. The van der Waals surface area contributed by atoms with Gasteiger partial charge in [-0.3, -0.25) is 9.59 Å². The summed E-state index contributed by atoms with van der Waals surface area (Å²) in [5.41, 5.74) is 0.799. The Morgan fingerprint density at radius 3 is 2.67 bits per heavy atom. The van der Waals surface area contributed by atoms with E-state index in [1.807, 2.05) is 32.0 Å². The highest BCUT2D eigenvalue weighted by atomic mass is 79.9. The molecule has 0 spiro atoms. The zero-order valence-electron chi connectivity index (χ0n) is 12.0. The van der Waals surface area contributed by atoms with Crippen molar-refractivity contribution in [1.29, 1.82) is 0 Å². The van der Waals surface area contributed by atoms with Gasteiger partial charge in [-0.25, -0.2) is 0 Å². The van der Waals surface area contributed by atoms with Crippen molar-refractivity contribution in [1.82, 2.24) is 5.32 Å². The lowest BCUT2D eigenvalue weighted by atomic mass is 10.0. The van der Waals surface area contributed by atoms with E-state index in [0.29, 0.717) is 25.3 Å². The van der Waals surface area contributed by atoms with E-state index in [1.54, 1.807) is 4.90 Å². The first-order valence-electron chi connectivity index (χ1n) is 6.94. The molecule has 1 aliphatic heterocycles. The van der Waals surface area contributed by atoms with Crippen molar-refractivity contribution < 1.29 is 9.59 Å². The molecule has 1 unspecified atom stereocenters. The van der Waals surface area contributed by atoms with E-state index in [9.17, 15) is 9.59 Å². The average Bonchev–Trinajstić information content (AvgIpc) is 2.51. The van der Waals surface area contributed by atoms with Crippen LogP contribution in [0.15, 0.2) is 27.1 Å². The lowest BCUT2D eigenvalue weighted by molar-refractivity contribution is -0.125. The second-order valence-corrected chi connectivity index (χ2v) is 7.36. The molecule has 1 saturated heterocycles. The number of nitrogens with zero attached hydrogens (tertiary/aromatic N) is 1. The molecule has 21 heavy (non-hydrogen) atoms. The van der Waals surface area contributed by atoms with Crippen molar-refractivity contribution in [3.63, 3.8) is 0 Å². The number of hydrogen-bond acceptors (Lipinski definition) is 2. The number of benzene rings is 1. The Morgan fingerprint density at radius 1 is 1.33 bits per heavy atom. The molecule has 0 aliphatic carbocycles. The van der Waals surface area contributed by atoms with E-state index in [1.165, 1.54) is 0 Å². The molecule has 0 saturated carbocycles. The minimum Gasteiger partial charge on any atom is -0.344 e. The first kappa shape index (κ1) is 16.5. The van der Waals surface area contributed by atoms with Gasteiger partial charge in [-0.05, 0) is 46.5 Å². The monoisotopic (exact) mass is 416 g/mol. The Bertz CT molecular complexity index is 561. The van der Waals surface area contributed by atoms with Crippen LogP contribution in [0.1, 0.15) is 26.7 Å². The minimum absolute atomic E-state index is 0.0439. The summed E-state index contributed by atoms with van der Waals surface area (Å²) in [7, 11) is 0. The van der Waals surface area contributed by atoms with E-state index in [4.69, 9.17) is 0 Å². The Morgan fingerprint density at radius 2 is 2.05 bits per heavy atom. The SMILES string of the molecule is CC(C)CC1NC(=O)CCN(c2ccc(Br)cc2Br)C1=O. The first-order valence-corrected chi connectivity index (χ1v) is 8.53. The predicted octanol–water partition coefficient (Wildman–Crippen LogP) is 3.48. The molecule has 0 bridgehead atoms. The molecule has 0 radical (unpaired) electrons. The van der Waals surface area contributed by atoms with Crippen molar-refractivity contribution in [3.05, 3.63) is 27.1 Å². The second-order valence-electron chi connectivity index (χ2n) is 5.59. The molecule has 1 aromatic carbocycles. The van der Waals surface area contributed by atoms with Crippen molar-refractivity contribution in [2.45, 2.75) is 32.7 Å². The van der Waals surface area contributed by atoms with Crippen LogP contribution in [0, 0.1) is 5.92 Å². The van der Waals surface area contributed by atoms with Crippen LogP contribution in [0.5, 0.6) is 0 Å². The van der Waals surface area contributed by atoms with Crippen LogP contribution in [0.3, 0.4) is 0 Å². The molecule has 6 heteroatoms. The van der Waals surface area contributed by atoms with Gasteiger partial charge in [0.2, 0.25) is 11.8 Å². The van der Waals surface area contributed by atoms with Crippen LogP contribution in [0.2, 0.25) is 0 Å². The van der Waals surface area contributed by atoms with Crippen LogP contribution in [0.25, 0.3) is 0 Å². The number of rotatable bonds is 3. The maximum atomic E-state index is 12.7. The molecule has 114 valence electrons. The van der Waals surface area contributed by atoms with E-state index >= 15 is 0 Å². The molecular weight excluding hydrogens is 400 g/mol. The van der Waals surface area contributed by atoms with Crippen LogP contribution in [-0.4, -0.2) is 24.4 Å². The van der Waals surface area contributed by atoms with Crippen LogP contribution >= 0.6 is 31.9 Å². The van der Waals surface area contributed by atoms with Gasteiger partial charge >= 0.3 is 0 Å². The average molecular weight is 418 g/mol. The van der Waals surface area contributed by atoms with Gasteiger partial charge in [-0.15, -0.1) is 0 Å². The minimum atomic E-state index is -0.449. The lowest BCUT2D eigenvalue weighted by Gasteiger charge is -2.26. The van der Waals surface area contributed by atoms with Gasteiger partial charge in [0.1, 0.15) is 6.04 Å². The molecule has 2 rings (SSSR count). The predicted molar refractivity (Wildman–Crippen MR) is 90.2 cm³/mol. The number of amides is 2. The van der Waals surface area contributed by atoms with Gasteiger partial charge in [-0.2, -0.15) is 0 Å². The fraction of sp³-hybridized carbons (Fsp3) is 0.467. The third kappa shape index (κ3) is 4.07. The van der Waals surface area contributed by atoms with E-state index in [0.717, 1.165) is 14.6 Å². The molecule has 2 amide bonds. The standard InChI is InChI=1S/C15H18Br2N2O2/c1-9(2)7-12-15(21)19(6-5-14(20)18-12)13-4-3-10(16)8-11(13)17/h3-4,8-9,12H,5-7H2,1-2H3,(H,18,20). The van der Waals surface area contributed by atoms with E-state index < -0.39 is 6.04 Å².